The molecule has 2 aromatic rings. The van der Waals surface area contributed by atoms with Crippen molar-refractivity contribution in [3.8, 4) is 23.3 Å². The molecule has 0 aromatic heterocycles. The second-order valence-corrected chi connectivity index (χ2v) is 7.52. The van der Waals surface area contributed by atoms with Crippen LogP contribution in [-0.4, -0.2) is 26.2 Å². The molecule has 7 nitrogen and oxygen atoms in total. The summed E-state index contributed by atoms with van der Waals surface area (Å²) in [6, 6.07) is 14.9. The van der Waals surface area contributed by atoms with Gasteiger partial charge in [-0.3, -0.25) is 4.79 Å². The van der Waals surface area contributed by atoms with Crippen molar-refractivity contribution < 1.29 is 19.0 Å². The highest BCUT2D eigenvalue weighted by Crippen LogP contribution is 2.39. The summed E-state index contributed by atoms with van der Waals surface area (Å²) in [6.45, 7) is 5.17. The smallest absolute Gasteiger partial charge is 0.266 e. The fraction of sp³-hybridized carbons (Fsp3) is 0.333. The van der Waals surface area contributed by atoms with Gasteiger partial charge in [0, 0.05) is 5.69 Å². The van der Waals surface area contributed by atoms with E-state index in [2.05, 4.69) is 24.9 Å². The van der Waals surface area contributed by atoms with E-state index in [1.54, 1.807) is 12.0 Å². The zero-order valence-corrected chi connectivity index (χ0v) is 19.3. The molecule has 1 aliphatic heterocycles. The Bertz CT molecular complexity index is 1030. The van der Waals surface area contributed by atoms with Crippen LogP contribution < -0.4 is 24.4 Å². The van der Waals surface area contributed by atoms with Crippen molar-refractivity contribution in [2.24, 2.45) is 0 Å². The van der Waals surface area contributed by atoms with Gasteiger partial charge in [-0.1, -0.05) is 19.4 Å². The zero-order chi connectivity index (χ0) is 23.1. The summed E-state index contributed by atoms with van der Waals surface area (Å²) < 4.78 is 16.9. The third-order valence-electron chi connectivity index (χ3n) is 5.00. The van der Waals surface area contributed by atoms with E-state index in [9.17, 15) is 10.1 Å². The first-order chi connectivity index (χ1) is 15.5. The molecule has 0 fully saturated rings. The average molecular weight is 454 g/mol. The second-order valence-electron chi connectivity index (χ2n) is 7.10. The number of thiol groups is 1. The number of nitrogens with zero attached hydrogens (tertiary/aromatic N) is 2. The minimum Gasteiger partial charge on any atom is -0.494 e. The van der Waals surface area contributed by atoms with Gasteiger partial charge in [-0.2, -0.15) is 5.26 Å². The quantitative estimate of drug-likeness (QED) is 0.427. The van der Waals surface area contributed by atoms with Gasteiger partial charge in [0.15, 0.2) is 11.5 Å². The molecule has 8 heteroatoms. The lowest BCUT2D eigenvalue weighted by molar-refractivity contribution is -0.118. The summed E-state index contributed by atoms with van der Waals surface area (Å²) in [5.41, 5.74) is 1.46. The maximum Gasteiger partial charge on any atom is 0.266 e. The number of nitriles is 1. The zero-order valence-electron chi connectivity index (χ0n) is 18.4. The minimum absolute atomic E-state index is 0.0510. The number of benzene rings is 2. The summed E-state index contributed by atoms with van der Waals surface area (Å²) in [7, 11) is 1.58. The molecule has 1 aliphatic rings. The average Bonchev–Trinajstić information content (AvgIpc) is 2.80. The molecule has 0 radical (unpaired) electrons. The first-order valence-electron chi connectivity index (χ1n) is 10.5. The molecule has 1 unspecified atom stereocenters. The summed E-state index contributed by atoms with van der Waals surface area (Å²) in [5, 5.41) is 12.7. The third-order valence-corrected chi connectivity index (χ3v) is 5.44. The highest BCUT2D eigenvalue weighted by molar-refractivity contribution is 7.84. The Labute approximate surface area is 194 Å². The molecule has 32 heavy (non-hydrogen) atoms. The summed E-state index contributed by atoms with van der Waals surface area (Å²) in [5.74, 6) is 1.45. The van der Waals surface area contributed by atoms with Gasteiger partial charge in [0.2, 0.25) is 0 Å². The number of nitrogens with one attached hydrogen (secondary N) is 1. The topological polar surface area (TPSA) is 83.8 Å². The van der Waals surface area contributed by atoms with E-state index in [1.807, 2.05) is 55.5 Å². The monoisotopic (exact) mass is 453 g/mol. The van der Waals surface area contributed by atoms with Crippen molar-refractivity contribution in [1.29, 1.82) is 5.26 Å². The van der Waals surface area contributed by atoms with E-state index in [-0.39, 0.29) is 10.6 Å². The van der Waals surface area contributed by atoms with Gasteiger partial charge < -0.3 is 24.4 Å². The number of rotatable bonds is 9. The predicted octanol–water partition coefficient (Wildman–Crippen LogP) is 4.57. The lowest BCUT2D eigenvalue weighted by Crippen LogP contribution is -2.46. The Morgan fingerprint density at radius 1 is 1.12 bits per heavy atom. The normalized spacial score (nSPS) is 15.8. The number of carbonyl (C=O) groups excluding carboxylic acids is 1. The van der Waals surface area contributed by atoms with Crippen LogP contribution in [0.3, 0.4) is 0 Å². The Balaban J connectivity index is 2.02. The van der Waals surface area contributed by atoms with Gasteiger partial charge in [0.05, 0.1) is 25.4 Å². The van der Waals surface area contributed by atoms with Crippen LogP contribution in [0.1, 0.15) is 38.4 Å². The van der Waals surface area contributed by atoms with Crippen molar-refractivity contribution in [2.45, 2.75) is 32.9 Å². The van der Waals surface area contributed by atoms with E-state index < -0.39 is 12.1 Å². The van der Waals surface area contributed by atoms with E-state index in [1.165, 1.54) is 0 Å². The van der Waals surface area contributed by atoms with Gasteiger partial charge in [0.1, 0.15) is 23.6 Å². The van der Waals surface area contributed by atoms with Crippen LogP contribution in [0.25, 0.3) is 0 Å². The molecular formula is C24H27N3O4S. The van der Waals surface area contributed by atoms with Crippen LogP contribution in [0.5, 0.6) is 17.2 Å². The van der Waals surface area contributed by atoms with Gasteiger partial charge in [-0.05, 0) is 55.3 Å². The van der Waals surface area contributed by atoms with E-state index in [0.717, 1.165) is 29.8 Å². The maximum absolute atomic E-state index is 12.6. The Kier molecular flexibility index (Phi) is 7.90. The predicted molar refractivity (Wildman–Crippen MR) is 126 cm³/mol. The van der Waals surface area contributed by atoms with Crippen LogP contribution in [-0.2, 0) is 4.79 Å². The van der Waals surface area contributed by atoms with Crippen LogP contribution >= 0.6 is 12.6 Å². The fourth-order valence-corrected chi connectivity index (χ4v) is 3.76. The lowest BCUT2D eigenvalue weighted by atomic mass is 10.1. The number of hydrogen-bond acceptors (Lipinski definition) is 7. The summed E-state index contributed by atoms with van der Waals surface area (Å²) >= 11 is 4.54. The molecule has 168 valence electrons. The van der Waals surface area contributed by atoms with E-state index >= 15 is 0 Å². The van der Waals surface area contributed by atoms with Crippen LogP contribution in [0.2, 0.25) is 0 Å². The molecule has 0 aliphatic carbocycles. The number of amides is 1. The van der Waals surface area contributed by atoms with Gasteiger partial charge in [0.25, 0.3) is 5.91 Å². The third kappa shape index (κ3) is 4.94. The molecule has 1 heterocycles. The van der Waals surface area contributed by atoms with Crippen molar-refractivity contribution in [3.63, 3.8) is 0 Å². The number of carbonyl (C=O) groups is 1. The van der Waals surface area contributed by atoms with Gasteiger partial charge in [-0.15, -0.1) is 12.6 Å². The molecule has 2 aromatic carbocycles. The largest absolute Gasteiger partial charge is 0.494 e. The van der Waals surface area contributed by atoms with Gasteiger partial charge in [-0.25, -0.2) is 0 Å². The number of anilines is 1. The first kappa shape index (κ1) is 23.4. The highest BCUT2D eigenvalue weighted by Gasteiger charge is 2.34. The summed E-state index contributed by atoms with van der Waals surface area (Å²) in [6.07, 6.45) is 1.38. The molecule has 1 atom stereocenters. The molecule has 3 rings (SSSR count). The second kappa shape index (κ2) is 10.8. The SMILES string of the molecule is CCCCOc1ccc(C2NC(=O)C(C#N)=C(S)N2c2ccc(OCC)cc2)cc1OC. The molecule has 0 saturated heterocycles. The standard InChI is InChI=1S/C24H27N3O4S/c1-4-6-13-31-20-12-7-16(14-21(20)29-3)22-26-23(28)19(15-25)24(32)27(22)17-8-10-18(11-9-17)30-5-2/h7-12,14,22,32H,4-6,13H2,1-3H3,(H,26,28). The van der Waals surface area contributed by atoms with Crippen molar-refractivity contribution in [2.75, 3.05) is 25.2 Å². The Hall–Kier alpha value is -3.31. The molecule has 1 N–H and O–H groups in total. The number of unbranched alkanes of at least 4 members (excludes halogenated alkanes) is 1. The lowest BCUT2D eigenvalue weighted by Gasteiger charge is -2.38. The first-order valence-corrected chi connectivity index (χ1v) is 11.0. The number of ether oxygens (including phenoxy) is 3. The summed E-state index contributed by atoms with van der Waals surface area (Å²) in [4.78, 5) is 14.4. The molecule has 0 saturated carbocycles. The molecule has 1 amide bonds. The fourth-order valence-electron chi connectivity index (χ4n) is 3.38. The van der Waals surface area contributed by atoms with E-state index in [4.69, 9.17) is 14.2 Å². The molecular weight excluding hydrogens is 426 g/mol. The minimum atomic E-state index is -0.594. The van der Waals surface area contributed by atoms with Crippen LogP contribution in [0.15, 0.2) is 53.1 Å². The molecule has 0 bridgehead atoms. The number of methoxy groups -OCH3 is 1. The van der Waals surface area contributed by atoms with Crippen LogP contribution in [0, 0.1) is 11.3 Å². The van der Waals surface area contributed by atoms with Crippen molar-refractivity contribution in [1.82, 2.24) is 5.32 Å². The molecule has 0 spiro atoms. The van der Waals surface area contributed by atoms with E-state index in [0.29, 0.717) is 24.7 Å². The Morgan fingerprint density at radius 3 is 2.50 bits per heavy atom. The highest BCUT2D eigenvalue weighted by atomic mass is 32.1. The van der Waals surface area contributed by atoms with Crippen molar-refractivity contribution in [3.05, 3.63) is 58.6 Å². The Morgan fingerprint density at radius 2 is 1.88 bits per heavy atom. The van der Waals surface area contributed by atoms with Gasteiger partial charge >= 0.3 is 0 Å². The van der Waals surface area contributed by atoms with Crippen molar-refractivity contribution >= 4 is 24.2 Å². The number of hydrogen-bond donors (Lipinski definition) is 2. The maximum atomic E-state index is 12.6. The van der Waals surface area contributed by atoms with Crippen LogP contribution in [0.4, 0.5) is 5.69 Å².